The lowest BCUT2D eigenvalue weighted by atomic mass is 10.1. The van der Waals surface area contributed by atoms with Crippen molar-refractivity contribution >= 4 is 29.2 Å². The molecule has 0 saturated heterocycles. The number of aromatic nitrogens is 1. The van der Waals surface area contributed by atoms with E-state index in [2.05, 4.69) is 34.6 Å². The second-order valence-corrected chi connectivity index (χ2v) is 6.65. The summed E-state index contributed by atoms with van der Waals surface area (Å²) >= 11 is 12.0. The molecule has 2 rings (SSSR count). The molecule has 24 heavy (non-hydrogen) atoms. The molecule has 0 saturated carbocycles. The summed E-state index contributed by atoms with van der Waals surface area (Å²) in [6.07, 6.45) is 0. The van der Waals surface area contributed by atoms with Gasteiger partial charge >= 0.3 is 0 Å². The number of hydrogen-bond donors (Lipinski definition) is 2. The van der Waals surface area contributed by atoms with Gasteiger partial charge in [0.25, 0.3) is 0 Å². The summed E-state index contributed by atoms with van der Waals surface area (Å²) in [4.78, 5) is 4.22. The number of rotatable bonds is 5. The van der Waals surface area contributed by atoms with Gasteiger partial charge in [-0.3, -0.25) is 4.99 Å². The van der Waals surface area contributed by atoms with Crippen molar-refractivity contribution in [1.82, 2.24) is 15.8 Å². The average molecular weight is 369 g/mol. The summed E-state index contributed by atoms with van der Waals surface area (Å²) in [5.74, 6) is 1.77. The van der Waals surface area contributed by atoms with E-state index in [4.69, 9.17) is 27.7 Å². The molecular weight excluding hydrogens is 347 g/mol. The van der Waals surface area contributed by atoms with Gasteiger partial charge in [0.05, 0.1) is 28.3 Å². The number of nitrogens with one attached hydrogen (secondary N) is 2. The fraction of sp³-hybridized carbons (Fsp3) is 0.412. The highest BCUT2D eigenvalue weighted by Gasteiger charge is 2.11. The number of nitrogens with zero attached hydrogens (tertiary/aromatic N) is 2. The van der Waals surface area contributed by atoms with Crippen LogP contribution in [-0.4, -0.2) is 18.2 Å². The van der Waals surface area contributed by atoms with Crippen LogP contribution in [-0.2, 0) is 6.54 Å². The van der Waals surface area contributed by atoms with Crippen LogP contribution in [0.2, 0.25) is 10.0 Å². The second kappa shape index (κ2) is 8.40. The van der Waals surface area contributed by atoms with Crippen molar-refractivity contribution in [2.45, 2.75) is 39.3 Å². The van der Waals surface area contributed by atoms with E-state index in [1.165, 1.54) is 0 Å². The van der Waals surface area contributed by atoms with Crippen molar-refractivity contribution in [2.75, 3.05) is 7.05 Å². The normalized spacial score (nSPS) is 13.2. The highest BCUT2D eigenvalue weighted by molar-refractivity contribution is 6.42. The Bertz CT molecular complexity index is 712. The highest BCUT2D eigenvalue weighted by atomic mass is 35.5. The molecule has 0 aliphatic heterocycles. The molecule has 0 spiro atoms. The maximum Gasteiger partial charge on any atom is 0.191 e. The van der Waals surface area contributed by atoms with E-state index in [9.17, 15) is 0 Å². The maximum atomic E-state index is 6.07. The topological polar surface area (TPSA) is 62.5 Å². The Morgan fingerprint density at radius 3 is 2.54 bits per heavy atom. The second-order valence-electron chi connectivity index (χ2n) is 5.84. The van der Waals surface area contributed by atoms with Gasteiger partial charge in [-0.1, -0.05) is 48.3 Å². The largest absolute Gasteiger partial charge is 0.359 e. The summed E-state index contributed by atoms with van der Waals surface area (Å²) in [6, 6.07) is 7.54. The van der Waals surface area contributed by atoms with Crippen LogP contribution in [0.3, 0.4) is 0 Å². The molecular formula is C17H22Cl2N4O. The van der Waals surface area contributed by atoms with Gasteiger partial charge in [-0.15, -0.1) is 0 Å². The molecule has 1 heterocycles. The molecule has 0 radical (unpaired) electrons. The van der Waals surface area contributed by atoms with Crippen LogP contribution in [0.25, 0.3) is 0 Å². The quantitative estimate of drug-likeness (QED) is 0.600. The third-order valence-corrected chi connectivity index (χ3v) is 4.36. The molecule has 1 atom stereocenters. The van der Waals surface area contributed by atoms with Gasteiger partial charge in [0.1, 0.15) is 0 Å². The van der Waals surface area contributed by atoms with Crippen LogP contribution in [0.5, 0.6) is 0 Å². The third kappa shape index (κ3) is 4.89. The predicted molar refractivity (Wildman–Crippen MR) is 98.8 cm³/mol. The zero-order valence-corrected chi connectivity index (χ0v) is 15.7. The predicted octanol–water partition coefficient (Wildman–Crippen LogP) is 4.53. The average Bonchev–Trinajstić information content (AvgIpc) is 3.03. The van der Waals surface area contributed by atoms with E-state index in [-0.39, 0.29) is 6.04 Å². The summed E-state index contributed by atoms with van der Waals surface area (Å²) in [6.45, 7) is 6.69. The van der Waals surface area contributed by atoms with Crippen molar-refractivity contribution in [3.63, 3.8) is 0 Å². The summed E-state index contributed by atoms with van der Waals surface area (Å²) in [5, 5.41) is 11.6. The lowest BCUT2D eigenvalue weighted by molar-refractivity contribution is 0.371. The molecule has 0 fully saturated rings. The van der Waals surface area contributed by atoms with Crippen molar-refractivity contribution in [2.24, 2.45) is 4.99 Å². The van der Waals surface area contributed by atoms with Gasteiger partial charge in [0, 0.05) is 13.1 Å². The molecule has 0 amide bonds. The van der Waals surface area contributed by atoms with Crippen LogP contribution < -0.4 is 10.6 Å². The molecule has 7 heteroatoms. The first kappa shape index (κ1) is 18.6. The standard InChI is InChI=1S/C17H22Cl2N4O/c1-10(2)16-8-13(24-23-16)9-21-17(20-4)22-11(3)12-5-6-14(18)15(19)7-12/h5-8,10-11H,9H2,1-4H3,(H2,20,21,22). The van der Waals surface area contributed by atoms with Crippen LogP contribution in [0, 0.1) is 0 Å². The molecule has 0 bridgehead atoms. The SMILES string of the molecule is CN=C(NCc1cc(C(C)C)no1)NC(C)c1ccc(Cl)c(Cl)c1. The fourth-order valence-electron chi connectivity index (χ4n) is 2.12. The summed E-state index contributed by atoms with van der Waals surface area (Å²) in [5.41, 5.74) is 1.97. The molecule has 2 aromatic rings. The van der Waals surface area contributed by atoms with Crippen LogP contribution in [0.1, 0.15) is 49.7 Å². The number of halogens is 2. The smallest absolute Gasteiger partial charge is 0.191 e. The maximum absolute atomic E-state index is 6.07. The van der Waals surface area contributed by atoms with E-state index in [1.807, 2.05) is 25.1 Å². The molecule has 0 aliphatic carbocycles. The summed E-state index contributed by atoms with van der Waals surface area (Å²) < 4.78 is 5.31. The minimum atomic E-state index is 0.0203. The number of aliphatic imine (C=N–C) groups is 1. The minimum absolute atomic E-state index is 0.0203. The van der Waals surface area contributed by atoms with E-state index in [0.717, 1.165) is 17.0 Å². The zero-order chi connectivity index (χ0) is 17.7. The minimum Gasteiger partial charge on any atom is -0.359 e. The third-order valence-electron chi connectivity index (χ3n) is 3.62. The van der Waals surface area contributed by atoms with Crippen molar-refractivity contribution in [3.05, 3.63) is 51.3 Å². The fourth-order valence-corrected chi connectivity index (χ4v) is 2.43. The number of hydrogen-bond acceptors (Lipinski definition) is 3. The van der Waals surface area contributed by atoms with Gasteiger partial charge in [0.2, 0.25) is 0 Å². The van der Waals surface area contributed by atoms with Crippen LogP contribution >= 0.6 is 23.2 Å². The van der Waals surface area contributed by atoms with Crippen molar-refractivity contribution < 1.29 is 4.52 Å². The Morgan fingerprint density at radius 1 is 1.21 bits per heavy atom. The van der Waals surface area contributed by atoms with Crippen LogP contribution in [0.15, 0.2) is 33.8 Å². The van der Waals surface area contributed by atoms with Crippen molar-refractivity contribution in [3.8, 4) is 0 Å². The van der Waals surface area contributed by atoms with Gasteiger partial charge in [-0.25, -0.2) is 0 Å². The first-order chi connectivity index (χ1) is 11.4. The van der Waals surface area contributed by atoms with Crippen molar-refractivity contribution in [1.29, 1.82) is 0 Å². The lowest BCUT2D eigenvalue weighted by Gasteiger charge is -2.18. The lowest BCUT2D eigenvalue weighted by Crippen LogP contribution is -2.38. The zero-order valence-electron chi connectivity index (χ0n) is 14.2. The molecule has 2 N–H and O–H groups in total. The van der Waals surface area contributed by atoms with Gasteiger partial charge in [-0.05, 0) is 30.5 Å². The molecule has 1 aromatic heterocycles. The Balaban J connectivity index is 1.94. The molecule has 130 valence electrons. The highest BCUT2D eigenvalue weighted by Crippen LogP contribution is 2.25. The van der Waals surface area contributed by atoms with Gasteiger partial charge in [0.15, 0.2) is 11.7 Å². The van der Waals surface area contributed by atoms with Crippen LogP contribution in [0.4, 0.5) is 0 Å². The van der Waals surface area contributed by atoms with E-state index >= 15 is 0 Å². The van der Waals surface area contributed by atoms with E-state index < -0.39 is 0 Å². The van der Waals surface area contributed by atoms with Gasteiger partial charge < -0.3 is 15.2 Å². The van der Waals surface area contributed by atoms with E-state index in [0.29, 0.717) is 28.5 Å². The number of benzene rings is 1. The van der Waals surface area contributed by atoms with E-state index in [1.54, 1.807) is 13.1 Å². The molecule has 1 aromatic carbocycles. The molecule has 5 nitrogen and oxygen atoms in total. The Morgan fingerprint density at radius 2 is 1.96 bits per heavy atom. The molecule has 1 unspecified atom stereocenters. The van der Waals surface area contributed by atoms with Gasteiger partial charge in [-0.2, -0.15) is 0 Å². The Hall–Kier alpha value is -1.72. The molecule has 0 aliphatic rings. The Labute approximate surface area is 152 Å². The number of guanidine groups is 1. The first-order valence-electron chi connectivity index (χ1n) is 7.78. The Kier molecular flexibility index (Phi) is 6.52. The first-order valence-corrected chi connectivity index (χ1v) is 8.54. The summed E-state index contributed by atoms with van der Waals surface area (Å²) in [7, 11) is 1.72. The monoisotopic (exact) mass is 368 g/mol.